The number of carbonyl (C=O) groups excluding carboxylic acids is 2. The fourth-order valence-electron chi connectivity index (χ4n) is 5.07. The predicted molar refractivity (Wildman–Crippen MR) is 143 cm³/mol. The number of thioether (sulfide) groups is 1. The molecule has 0 spiro atoms. The van der Waals surface area contributed by atoms with E-state index in [1.165, 1.54) is 11.1 Å². The number of benzene rings is 1. The van der Waals surface area contributed by atoms with E-state index in [4.69, 9.17) is 9.73 Å². The molecule has 4 heterocycles. The Hall–Kier alpha value is -2.91. The summed E-state index contributed by atoms with van der Waals surface area (Å²) in [6, 6.07) is 12.0. The Balaban J connectivity index is 1.33. The molecule has 1 N–H and O–H groups in total. The molecule has 2 saturated heterocycles. The van der Waals surface area contributed by atoms with Gasteiger partial charge in [-0.1, -0.05) is 31.2 Å². The Bertz CT molecular complexity index is 1090. The number of ether oxygens (including phenoxy) is 1. The molecule has 1 aromatic heterocycles. The van der Waals surface area contributed by atoms with Gasteiger partial charge in [-0.25, -0.2) is 4.79 Å². The number of hydrogen-bond donors (Lipinski definition) is 1. The zero-order valence-corrected chi connectivity index (χ0v) is 21.5. The molecule has 3 atom stereocenters. The maximum atomic E-state index is 13.4. The highest BCUT2D eigenvalue weighted by Gasteiger charge is 2.38. The van der Waals surface area contributed by atoms with Crippen molar-refractivity contribution >= 4 is 34.4 Å². The lowest BCUT2D eigenvalue weighted by Crippen LogP contribution is -2.53. The molecule has 3 aliphatic heterocycles. The van der Waals surface area contributed by atoms with Gasteiger partial charge in [0.1, 0.15) is 6.04 Å². The van der Waals surface area contributed by atoms with E-state index in [-0.39, 0.29) is 23.8 Å². The van der Waals surface area contributed by atoms with Crippen LogP contribution in [0.25, 0.3) is 0 Å². The summed E-state index contributed by atoms with van der Waals surface area (Å²) < 4.78 is 5.45. The molecule has 3 amide bonds. The molecule has 3 aliphatic rings. The lowest BCUT2D eigenvalue weighted by atomic mass is 9.84. The van der Waals surface area contributed by atoms with Crippen molar-refractivity contribution in [2.75, 3.05) is 50.5 Å². The van der Waals surface area contributed by atoms with Crippen molar-refractivity contribution in [1.29, 1.82) is 0 Å². The first-order valence-electron chi connectivity index (χ1n) is 12.7. The first kappa shape index (κ1) is 24.8. The number of aromatic nitrogens is 1. The number of aryl methyl sites for hydroxylation is 1. The van der Waals surface area contributed by atoms with Crippen LogP contribution in [0.15, 0.2) is 53.8 Å². The topological polar surface area (TPSA) is 87.1 Å². The van der Waals surface area contributed by atoms with Crippen LogP contribution >= 0.6 is 11.8 Å². The van der Waals surface area contributed by atoms with E-state index in [2.05, 4.69) is 41.5 Å². The lowest BCUT2D eigenvalue weighted by Gasteiger charge is -2.41. The highest BCUT2D eigenvalue weighted by molar-refractivity contribution is 8.14. The number of nitrogens with one attached hydrogen (secondary N) is 1. The summed E-state index contributed by atoms with van der Waals surface area (Å²) in [4.78, 5) is 39.0. The molecule has 3 unspecified atom stereocenters. The third-order valence-electron chi connectivity index (χ3n) is 7.13. The summed E-state index contributed by atoms with van der Waals surface area (Å²) in [5.74, 6) is 0.860. The third kappa shape index (κ3) is 5.73. The molecule has 2 aromatic rings. The summed E-state index contributed by atoms with van der Waals surface area (Å²) in [5, 5.41) is 3.93. The molecule has 0 radical (unpaired) electrons. The summed E-state index contributed by atoms with van der Waals surface area (Å²) in [5.41, 5.74) is 3.29. The molecule has 5 rings (SSSR count). The average molecular weight is 508 g/mol. The first-order valence-corrected chi connectivity index (χ1v) is 13.7. The molecule has 36 heavy (non-hydrogen) atoms. The second-order valence-electron chi connectivity index (χ2n) is 9.53. The van der Waals surface area contributed by atoms with Crippen molar-refractivity contribution in [3.05, 3.63) is 59.9 Å². The lowest BCUT2D eigenvalue weighted by molar-refractivity contribution is -0.116. The van der Waals surface area contributed by atoms with E-state index in [1.807, 2.05) is 9.80 Å². The number of morpholine rings is 1. The van der Waals surface area contributed by atoms with Crippen molar-refractivity contribution in [3.63, 3.8) is 0 Å². The zero-order valence-electron chi connectivity index (χ0n) is 20.6. The minimum absolute atomic E-state index is 0.0776. The van der Waals surface area contributed by atoms with Gasteiger partial charge in [-0.15, -0.1) is 11.8 Å². The number of urea groups is 1. The van der Waals surface area contributed by atoms with Crippen molar-refractivity contribution in [1.82, 2.24) is 14.8 Å². The molecule has 1 aromatic carbocycles. The average Bonchev–Trinajstić information content (AvgIpc) is 3.44. The van der Waals surface area contributed by atoms with Gasteiger partial charge in [0.2, 0.25) is 5.91 Å². The Labute approximate surface area is 216 Å². The predicted octanol–water partition coefficient (Wildman–Crippen LogP) is 3.65. The number of likely N-dealkylation sites (tertiary alicyclic amines) is 1. The minimum Gasteiger partial charge on any atom is -0.378 e. The minimum atomic E-state index is -0.425. The Morgan fingerprint density at radius 1 is 1.03 bits per heavy atom. The number of rotatable bonds is 5. The summed E-state index contributed by atoms with van der Waals surface area (Å²) in [6.45, 7) is 5.91. The number of pyridine rings is 1. The molecule has 8 nitrogen and oxygen atoms in total. The van der Waals surface area contributed by atoms with E-state index in [1.54, 1.807) is 36.3 Å². The maximum absolute atomic E-state index is 13.4. The van der Waals surface area contributed by atoms with Gasteiger partial charge in [0.15, 0.2) is 0 Å². The van der Waals surface area contributed by atoms with Crippen LogP contribution in [-0.4, -0.2) is 83.0 Å². The largest absolute Gasteiger partial charge is 0.378 e. The van der Waals surface area contributed by atoms with Crippen LogP contribution in [0, 0.1) is 5.92 Å². The van der Waals surface area contributed by atoms with Gasteiger partial charge < -0.3 is 19.9 Å². The zero-order chi connectivity index (χ0) is 24.9. The van der Waals surface area contributed by atoms with Crippen molar-refractivity contribution in [2.24, 2.45) is 10.9 Å². The number of amides is 3. The third-order valence-corrected chi connectivity index (χ3v) is 8.35. The van der Waals surface area contributed by atoms with E-state index in [9.17, 15) is 9.59 Å². The van der Waals surface area contributed by atoms with Crippen LogP contribution < -0.4 is 5.32 Å². The summed E-state index contributed by atoms with van der Waals surface area (Å²) >= 11 is 1.65. The van der Waals surface area contributed by atoms with Crippen LogP contribution in [0.1, 0.15) is 30.4 Å². The monoisotopic (exact) mass is 507 g/mol. The molecule has 0 saturated carbocycles. The van der Waals surface area contributed by atoms with E-state index in [0.717, 1.165) is 23.6 Å². The van der Waals surface area contributed by atoms with Crippen molar-refractivity contribution < 1.29 is 14.3 Å². The quantitative estimate of drug-likeness (QED) is 0.668. The molecule has 0 aliphatic carbocycles. The van der Waals surface area contributed by atoms with Gasteiger partial charge >= 0.3 is 6.03 Å². The van der Waals surface area contributed by atoms with Gasteiger partial charge in [0.05, 0.1) is 18.3 Å². The number of aliphatic imine (C=N–C) groups is 1. The second kappa shape index (κ2) is 11.4. The van der Waals surface area contributed by atoms with E-state index < -0.39 is 6.04 Å². The standard InChI is InChI=1S/C27H33N5O3S/c1-2-19-3-5-20(6-4-19)21-15-22(17-32(16-21)27(34)31-11-13-35-14-12-31)26-30-24(18-36-26)25(33)29-23-7-9-28-10-8-23/h3-10,21-22,24H,2,11-18H2,1H3,(H,28,29,33). The highest BCUT2D eigenvalue weighted by Crippen LogP contribution is 2.36. The van der Waals surface area contributed by atoms with Gasteiger partial charge in [-0.3, -0.25) is 14.8 Å². The summed E-state index contributed by atoms with van der Waals surface area (Å²) in [6.07, 6.45) is 5.24. The number of anilines is 1. The normalized spacial score (nSPS) is 24.4. The Morgan fingerprint density at radius 3 is 2.47 bits per heavy atom. The van der Waals surface area contributed by atoms with Crippen LogP contribution in [0.3, 0.4) is 0 Å². The number of hydrogen-bond acceptors (Lipinski definition) is 6. The van der Waals surface area contributed by atoms with Gasteiger partial charge in [0, 0.05) is 61.8 Å². The molecular weight excluding hydrogens is 474 g/mol. The maximum Gasteiger partial charge on any atom is 0.320 e. The Kier molecular flexibility index (Phi) is 7.87. The van der Waals surface area contributed by atoms with E-state index in [0.29, 0.717) is 45.1 Å². The fourth-order valence-corrected chi connectivity index (χ4v) is 6.23. The van der Waals surface area contributed by atoms with Crippen LogP contribution in [-0.2, 0) is 16.0 Å². The van der Waals surface area contributed by atoms with Gasteiger partial charge in [-0.05, 0) is 36.1 Å². The van der Waals surface area contributed by atoms with Gasteiger partial charge in [0.25, 0.3) is 0 Å². The SMILES string of the molecule is CCc1ccc(C2CC(C3=NC(C(=O)Nc4ccncc4)CS3)CN(C(=O)N3CCOCC3)C2)cc1. The second-order valence-corrected chi connectivity index (χ2v) is 10.6. The number of nitrogens with zero attached hydrogens (tertiary/aromatic N) is 4. The smallest absolute Gasteiger partial charge is 0.320 e. The molecule has 0 bridgehead atoms. The van der Waals surface area contributed by atoms with Crippen LogP contribution in [0.2, 0.25) is 0 Å². The van der Waals surface area contributed by atoms with Gasteiger partial charge in [-0.2, -0.15) is 0 Å². The number of carbonyl (C=O) groups is 2. The molecular formula is C27H33N5O3S. The first-order chi connectivity index (χ1) is 17.6. The van der Waals surface area contributed by atoms with Crippen LogP contribution in [0.5, 0.6) is 0 Å². The summed E-state index contributed by atoms with van der Waals surface area (Å²) in [7, 11) is 0. The molecule has 190 valence electrons. The van der Waals surface area contributed by atoms with E-state index >= 15 is 0 Å². The highest BCUT2D eigenvalue weighted by atomic mass is 32.2. The fraction of sp³-hybridized carbons (Fsp3) is 0.481. The molecule has 2 fully saturated rings. The van der Waals surface area contributed by atoms with Crippen molar-refractivity contribution in [2.45, 2.75) is 31.7 Å². The number of piperidine rings is 1. The van der Waals surface area contributed by atoms with Crippen LogP contribution in [0.4, 0.5) is 10.5 Å². The molecule has 9 heteroatoms. The van der Waals surface area contributed by atoms with Crippen molar-refractivity contribution in [3.8, 4) is 0 Å². The Morgan fingerprint density at radius 2 is 1.75 bits per heavy atom.